The first-order valence-corrected chi connectivity index (χ1v) is 7.09. The Morgan fingerprint density at radius 2 is 2.06 bits per heavy atom. The standard InChI is InChI=1S/C10H10BrN3O2S/c11-10-4-2-1-3-8(10)6-14-7-9(5-13-14)17(12,15)16/h1-5,7H,6H2,(H2,12,15,16). The third-order valence-corrected chi connectivity index (χ3v) is 3.87. The molecule has 0 aliphatic heterocycles. The highest BCUT2D eigenvalue weighted by Crippen LogP contribution is 2.17. The van der Waals surface area contributed by atoms with Gasteiger partial charge in [0.05, 0.1) is 12.7 Å². The largest absolute Gasteiger partial charge is 0.267 e. The average molecular weight is 316 g/mol. The lowest BCUT2D eigenvalue weighted by molar-refractivity contribution is 0.597. The molecule has 1 aromatic heterocycles. The van der Waals surface area contributed by atoms with Crippen molar-refractivity contribution in [3.63, 3.8) is 0 Å². The molecule has 0 aliphatic carbocycles. The van der Waals surface area contributed by atoms with Gasteiger partial charge in [0.2, 0.25) is 10.0 Å². The molecule has 5 nitrogen and oxygen atoms in total. The summed E-state index contributed by atoms with van der Waals surface area (Å²) in [5, 5.41) is 8.96. The van der Waals surface area contributed by atoms with Crippen LogP contribution >= 0.6 is 15.9 Å². The van der Waals surface area contributed by atoms with E-state index < -0.39 is 10.0 Å². The predicted octanol–water partition coefficient (Wildman–Crippen LogP) is 1.34. The van der Waals surface area contributed by atoms with Crippen molar-refractivity contribution in [2.45, 2.75) is 11.4 Å². The van der Waals surface area contributed by atoms with Crippen molar-refractivity contribution >= 4 is 26.0 Å². The molecule has 1 heterocycles. The van der Waals surface area contributed by atoms with E-state index in [0.29, 0.717) is 6.54 Å². The summed E-state index contributed by atoms with van der Waals surface area (Å²) < 4.78 is 24.6. The molecule has 7 heteroatoms. The van der Waals surface area contributed by atoms with E-state index in [1.807, 2.05) is 24.3 Å². The highest BCUT2D eigenvalue weighted by atomic mass is 79.9. The highest BCUT2D eigenvalue weighted by molar-refractivity contribution is 9.10. The molecule has 0 spiro atoms. The molecule has 0 saturated heterocycles. The summed E-state index contributed by atoms with van der Waals surface area (Å²) in [4.78, 5) is 0.0181. The van der Waals surface area contributed by atoms with E-state index in [9.17, 15) is 8.42 Å². The second-order valence-corrected chi connectivity index (χ2v) is 5.93. The first-order chi connectivity index (χ1) is 7.97. The van der Waals surface area contributed by atoms with Gasteiger partial charge >= 0.3 is 0 Å². The monoisotopic (exact) mass is 315 g/mol. The lowest BCUT2D eigenvalue weighted by Crippen LogP contribution is -2.11. The molecule has 0 unspecified atom stereocenters. The molecule has 0 fully saturated rings. The summed E-state index contributed by atoms with van der Waals surface area (Å²) in [6, 6.07) is 7.67. The van der Waals surface area contributed by atoms with E-state index in [1.54, 1.807) is 0 Å². The van der Waals surface area contributed by atoms with Crippen molar-refractivity contribution in [2.75, 3.05) is 0 Å². The Morgan fingerprint density at radius 3 is 2.65 bits per heavy atom. The Bertz CT molecular complexity index is 637. The van der Waals surface area contributed by atoms with Gasteiger partial charge in [-0.15, -0.1) is 0 Å². The van der Waals surface area contributed by atoms with Gasteiger partial charge in [0.1, 0.15) is 4.90 Å². The molecule has 90 valence electrons. The maximum absolute atomic E-state index is 11.1. The van der Waals surface area contributed by atoms with Crippen LogP contribution in [-0.4, -0.2) is 18.2 Å². The fourth-order valence-electron chi connectivity index (χ4n) is 1.38. The van der Waals surface area contributed by atoms with Crippen LogP contribution in [0.5, 0.6) is 0 Å². The van der Waals surface area contributed by atoms with Crippen molar-refractivity contribution in [3.05, 3.63) is 46.7 Å². The molecule has 0 atom stereocenters. The van der Waals surface area contributed by atoms with Crippen LogP contribution in [0.25, 0.3) is 0 Å². The average Bonchev–Trinajstić information content (AvgIpc) is 2.69. The fraction of sp³-hybridized carbons (Fsp3) is 0.100. The fourth-order valence-corrected chi connectivity index (χ4v) is 2.25. The summed E-state index contributed by atoms with van der Waals surface area (Å²) in [5.74, 6) is 0. The molecule has 2 rings (SSSR count). The van der Waals surface area contributed by atoms with Gasteiger partial charge in [0.15, 0.2) is 0 Å². The van der Waals surface area contributed by atoms with Gasteiger partial charge in [-0.25, -0.2) is 13.6 Å². The Labute approximate surface area is 107 Å². The summed E-state index contributed by atoms with van der Waals surface area (Å²) >= 11 is 3.42. The number of hydrogen-bond acceptors (Lipinski definition) is 3. The third-order valence-electron chi connectivity index (χ3n) is 2.23. The lowest BCUT2D eigenvalue weighted by atomic mass is 10.2. The van der Waals surface area contributed by atoms with Crippen LogP contribution in [0, 0.1) is 0 Å². The third kappa shape index (κ3) is 2.93. The zero-order valence-electron chi connectivity index (χ0n) is 8.75. The minimum atomic E-state index is -3.68. The van der Waals surface area contributed by atoms with Crippen LogP contribution in [-0.2, 0) is 16.6 Å². The van der Waals surface area contributed by atoms with E-state index in [0.717, 1.165) is 10.0 Å². The van der Waals surface area contributed by atoms with Gasteiger partial charge in [0, 0.05) is 10.7 Å². The van der Waals surface area contributed by atoms with Crippen molar-refractivity contribution in [2.24, 2.45) is 5.14 Å². The van der Waals surface area contributed by atoms with Gasteiger partial charge < -0.3 is 0 Å². The van der Waals surface area contributed by atoms with E-state index in [-0.39, 0.29) is 4.90 Å². The van der Waals surface area contributed by atoms with E-state index >= 15 is 0 Å². The van der Waals surface area contributed by atoms with E-state index in [2.05, 4.69) is 21.0 Å². The predicted molar refractivity (Wildman–Crippen MR) is 66.8 cm³/mol. The smallest absolute Gasteiger partial charge is 0.241 e. The van der Waals surface area contributed by atoms with Gasteiger partial charge in [-0.1, -0.05) is 34.1 Å². The number of primary sulfonamides is 1. The second kappa shape index (κ2) is 4.59. The zero-order valence-corrected chi connectivity index (χ0v) is 11.1. The van der Waals surface area contributed by atoms with Crippen molar-refractivity contribution < 1.29 is 8.42 Å². The van der Waals surface area contributed by atoms with E-state index in [4.69, 9.17) is 5.14 Å². The summed E-state index contributed by atoms with van der Waals surface area (Å²) in [5.41, 5.74) is 1.01. The minimum absolute atomic E-state index is 0.0181. The Hall–Kier alpha value is -1.18. The molecule has 17 heavy (non-hydrogen) atoms. The molecule has 0 amide bonds. The van der Waals surface area contributed by atoms with Crippen molar-refractivity contribution in [3.8, 4) is 0 Å². The second-order valence-electron chi connectivity index (χ2n) is 3.51. The number of hydrogen-bond donors (Lipinski definition) is 1. The van der Waals surface area contributed by atoms with Crippen LogP contribution < -0.4 is 5.14 Å². The number of halogens is 1. The quantitative estimate of drug-likeness (QED) is 0.928. The van der Waals surface area contributed by atoms with Crippen LogP contribution in [0.15, 0.2) is 46.0 Å². The molecular formula is C10H10BrN3O2S. The summed E-state index contributed by atoms with van der Waals surface area (Å²) in [7, 11) is -3.68. The Morgan fingerprint density at radius 1 is 1.35 bits per heavy atom. The molecule has 1 aromatic carbocycles. The van der Waals surface area contributed by atoms with Gasteiger partial charge in [-0.05, 0) is 11.6 Å². The molecule has 2 N–H and O–H groups in total. The van der Waals surface area contributed by atoms with Gasteiger partial charge in [-0.2, -0.15) is 5.10 Å². The van der Waals surface area contributed by atoms with Crippen LogP contribution in [0.2, 0.25) is 0 Å². The number of rotatable bonds is 3. The van der Waals surface area contributed by atoms with Crippen molar-refractivity contribution in [1.82, 2.24) is 9.78 Å². The molecule has 0 aliphatic rings. The molecular weight excluding hydrogens is 306 g/mol. The lowest BCUT2D eigenvalue weighted by Gasteiger charge is -2.03. The number of nitrogens with two attached hydrogens (primary N) is 1. The van der Waals surface area contributed by atoms with Crippen molar-refractivity contribution in [1.29, 1.82) is 0 Å². The molecule has 0 saturated carbocycles. The number of sulfonamides is 1. The summed E-state index contributed by atoms with van der Waals surface area (Å²) in [6.07, 6.45) is 2.65. The minimum Gasteiger partial charge on any atom is -0.267 e. The first kappa shape index (κ1) is 12.3. The number of benzene rings is 1. The van der Waals surface area contributed by atoms with Crippen LogP contribution in [0.1, 0.15) is 5.56 Å². The van der Waals surface area contributed by atoms with Crippen LogP contribution in [0.3, 0.4) is 0 Å². The highest BCUT2D eigenvalue weighted by Gasteiger charge is 2.10. The van der Waals surface area contributed by atoms with E-state index in [1.165, 1.54) is 17.1 Å². The Balaban J connectivity index is 2.26. The maximum atomic E-state index is 11.1. The summed E-state index contributed by atoms with van der Waals surface area (Å²) in [6.45, 7) is 0.483. The first-order valence-electron chi connectivity index (χ1n) is 4.75. The molecule has 0 bridgehead atoms. The van der Waals surface area contributed by atoms with Crippen LogP contribution in [0.4, 0.5) is 0 Å². The van der Waals surface area contributed by atoms with Gasteiger partial charge in [-0.3, -0.25) is 4.68 Å². The maximum Gasteiger partial charge on any atom is 0.241 e. The SMILES string of the molecule is NS(=O)(=O)c1cnn(Cc2ccccc2Br)c1. The normalized spacial score (nSPS) is 11.6. The number of aromatic nitrogens is 2. The molecule has 2 aromatic rings. The van der Waals surface area contributed by atoms with Gasteiger partial charge in [0.25, 0.3) is 0 Å². The molecule has 0 radical (unpaired) electrons. The Kier molecular flexibility index (Phi) is 3.32. The topological polar surface area (TPSA) is 78.0 Å². The number of nitrogens with zero attached hydrogens (tertiary/aromatic N) is 2. The zero-order chi connectivity index (χ0) is 12.5.